The Bertz CT molecular complexity index is 1510. The Morgan fingerprint density at radius 2 is 1.53 bits per heavy atom. The number of aromatic nitrogens is 4. The van der Waals surface area contributed by atoms with Crippen LogP contribution in [-0.2, 0) is 42.9 Å². The first-order valence-electron chi connectivity index (χ1n) is 12.7. The molecule has 0 aromatic carbocycles. The predicted molar refractivity (Wildman–Crippen MR) is 149 cm³/mol. The molecule has 17 heteroatoms. The number of ketones is 1. The van der Waals surface area contributed by atoms with E-state index in [1.807, 2.05) is 0 Å². The summed E-state index contributed by atoms with van der Waals surface area (Å²) >= 11 is 2.16. The molecule has 4 heterocycles. The summed E-state index contributed by atoms with van der Waals surface area (Å²) in [5, 5.41) is 3.69. The fourth-order valence-electron chi connectivity index (χ4n) is 4.15. The van der Waals surface area contributed by atoms with Crippen LogP contribution >= 0.6 is 22.7 Å². The zero-order valence-electron chi connectivity index (χ0n) is 23.6. The molecule has 1 fully saturated rings. The number of nitrogens with zero attached hydrogens (tertiary/aromatic N) is 4. The molecule has 3 aromatic heterocycles. The van der Waals surface area contributed by atoms with Gasteiger partial charge >= 0.3 is 23.9 Å². The van der Waals surface area contributed by atoms with Crippen molar-refractivity contribution in [1.29, 1.82) is 0 Å². The van der Waals surface area contributed by atoms with Gasteiger partial charge in [-0.15, -0.1) is 11.3 Å². The summed E-state index contributed by atoms with van der Waals surface area (Å²) in [6, 6.07) is 0. The first-order valence-corrected chi connectivity index (χ1v) is 14.4. The van der Waals surface area contributed by atoms with Crippen LogP contribution in [0.2, 0.25) is 0 Å². The van der Waals surface area contributed by atoms with Crippen molar-refractivity contribution in [3.8, 4) is 10.7 Å². The van der Waals surface area contributed by atoms with Crippen molar-refractivity contribution < 1.29 is 47.7 Å². The Morgan fingerprint density at radius 1 is 0.860 bits per heavy atom. The van der Waals surface area contributed by atoms with Crippen molar-refractivity contribution in [3.05, 3.63) is 40.2 Å². The maximum atomic E-state index is 13.4. The number of hydrogen-bond donors (Lipinski definition) is 1. The van der Waals surface area contributed by atoms with E-state index in [1.54, 1.807) is 13.1 Å². The Hall–Kier alpha value is -4.35. The summed E-state index contributed by atoms with van der Waals surface area (Å²) in [7, 11) is 0. The Morgan fingerprint density at radius 3 is 2.16 bits per heavy atom. The SMILES string of the molecule is CC(=O)OC[C@H]1O[C@H](Nc2ncc(C(=O)c3sc(-c4cnccn4)nc3C)s2)[C@@H](OC(C)=O)[C@@H](OC(C)=O)[C@@H]1OC(C)=O. The summed E-state index contributed by atoms with van der Waals surface area (Å²) < 4.78 is 27.4. The zero-order chi connectivity index (χ0) is 31.3. The monoisotopic (exact) mass is 633 g/mol. The van der Waals surface area contributed by atoms with Gasteiger partial charge < -0.3 is 29.0 Å². The number of aryl methyl sites for hydroxylation is 1. The minimum atomic E-state index is -1.35. The first-order chi connectivity index (χ1) is 20.4. The van der Waals surface area contributed by atoms with Gasteiger partial charge in [-0.05, 0) is 6.92 Å². The number of nitrogens with one attached hydrogen (secondary N) is 1. The summed E-state index contributed by atoms with van der Waals surface area (Å²) in [5.41, 5.74) is 1.04. The lowest BCUT2D eigenvalue weighted by atomic mass is 9.97. The van der Waals surface area contributed by atoms with Gasteiger partial charge in [0.15, 0.2) is 29.7 Å². The highest BCUT2D eigenvalue weighted by atomic mass is 32.1. The fourth-order valence-corrected chi connectivity index (χ4v) is 5.99. The van der Waals surface area contributed by atoms with Gasteiger partial charge in [-0.25, -0.2) is 9.97 Å². The molecule has 0 spiro atoms. The minimum Gasteiger partial charge on any atom is -0.463 e. The molecule has 15 nitrogen and oxygen atoms in total. The average Bonchev–Trinajstić information content (AvgIpc) is 3.57. The summed E-state index contributed by atoms with van der Waals surface area (Å²) in [6.07, 6.45) is -0.371. The standard InChI is InChI=1S/C26H27N5O10S2/c1-11-23(43-25(30-11)16-8-27-6-7-28-16)19(36)18-9-29-26(42-18)31-24-22(40-15(5)35)21(39-14(4)34)20(38-13(3)33)17(41-24)10-37-12(2)32/h6-9,17,20-22,24H,10H2,1-5H3,(H,29,31)/t17-,20-,21+,22+,24+/m1/s1. The molecule has 1 aliphatic heterocycles. The van der Waals surface area contributed by atoms with E-state index in [0.717, 1.165) is 32.1 Å². The van der Waals surface area contributed by atoms with Gasteiger partial charge in [0, 0.05) is 40.1 Å². The highest BCUT2D eigenvalue weighted by Crippen LogP contribution is 2.33. The number of anilines is 1. The van der Waals surface area contributed by atoms with E-state index in [4.69, 9.17) is 23.7 Å². The van der Waals surface area contributed by atoms with Crippen LogP contribution in [-0.4, -0.2) is 86.8 Å². The van der Waals surface area contributed by atoms with E-state index in [-0.39, 0.29) is 22.4 Å². The van der Waals surface area contributed by atoms with Crippen LogP contribution < -0.4 is 5.32 Å². The molecule has 228 valence electrons. The van der Waals surface area contributed by atoms with Crippen molar-refractivity contribution in [2.45, 2.75) is 65.3 Å². The number of esters is 4. The molecule has 0 unspecified atom stereocenters. The molecule has 0 aliphatic carbocycles. The van der Waals surface area contributed by atoms with E-state index >= 15 is 0 Å². The quantitative estimate of drug-likeness (QED) is 0.193. The molecule has 5 atom stereocenters. The molecule has 0 saturated carbocycles. The molecule has 3 aromatic rings. The highest BCUT2D eigenvalue weighted by Gasteiger charge is 2.52. The third-order valence-electron chi connectivity index (χ3n) is 5.77. The van der Waals surface area contributed by atoms with Crippen LogP contribution in [0.3, 0.4) is 0 Å². The Kier molecular flexibility index (Phi) is 10.1. The third-order valence-corrected chi connectivity index (χ3v) is 7.88. The van der Waals surface area contributed by atoms with Crippen molar-refractivity contribution >= 4 is 57.5 Å². The summed E-state index contributed by atoms with van der Waals surface area (Å²) in [5.74, 6) is -3.20. The summed E-state index contributed by atoms with van der Waals surface area (Å²) in [6.45, 7) is 5.91. The van der Waals surface area contributed by atoms with E-state index < -0.39 is 54.5 Å². The molecular weight excluding hydrogens is 606 g/mol. The van der Waals surface area contributed by atoms with Crippen LogP contribution in [0.4, 0.5) is 5.13 Å². The lowest BCUT2D eigenvalue weighted by Gasteiger charge is -2.44. The van der Waals surface area contributed by atoms with Crippen LogP contribution in [0.25, 0.3) is 10.7 Å². The van der Waals surface area contributed by atoms with Gasteiger partial charge in [0.2, 0.25) is 5.78 Å². The first kappa shape index (κ1) is 31.6. The Balaban J connectivity index is 1.61. The largest absolute Gasteiger partial charge is 0.463 e. The number of rotatable bonds is 10. The van der Waals surface area contributed by atoms with Gasteiger partial charge in [-0.2, -0.15) is 0 Å². The average molecular weight is 634 g/mol. The molecule has 43 heavy (non-hydrogen) atoms. The van der Waals surface area contributed by atoms with Crippen LogP contribution in [0, 0.1) is 6.92 Å². The van der Waals surface area contributed by atoms with Crippen molar-refractivity contribution in [2.75, 3.05) is 11.9 Å². The molecule has 4 rings (SSSR count). The lowest BCUT2D eigenvalue weighted by molar-refractivity contribution is -0.247. The zero-order valence-corrected chi connectivity index (χ0v) is 25.2. The van der Waals surface area contributed by atoms with E-state index in [1.165, 1.54) is 36.9 Å². The number of carbonyl (C=O) groups is 5. The molecule has 0 radical (unpaired) electrons. The second kappa shape index (κ2) is 13.7. The normalized spacial score (nSPS) is 21.4. The number of ether oxygens (including phenoxy) is 5. The van der Waals surface area contributed by atoms with Gasteiger partial charge in [0.25, 0.3) is 0 Å². The molecule has 0 bridgehead atoms. The maximum Gasteiger partial charge on any atom is 0.303 e. The van der Waals surface area contributed by atoms with Crippen molar-refractivity contribution in [1.82, 2.24) is 19.9 Å². The topological polar surface area (TPSA) is 195 Å². The van der Waals surface area contributed by atoms with Gasteiger partial charge in [0.1, 0.15) is 23.4 Å². The number of carbonyl (C=O) groups excluding carboxylic acids is 5. The minimum absolute atomic E-state index is 0.195. The lowest BCUT2D eigenvalue weighted by Crippen LogP contribution is -2.64. The number of thiazole rings is 2. The smallest absolute Gasteiger partial charge is 0.303 e. The van der Waals surface area contributed by atoms with Crippen molar-refractivity contribution in [2.24, 2.45) is 0 Å². The summed E-state index contributed by atoms with van der Waals surface area (Å²) in [4.78, 5) is 78.6. The van der Waals surface area contributed by atoms with Crippen LogP contribution in [0.5, 0.6) is 0 Å². The maximum absolute atomic E-state index is 13.4. The third kappa shape index (κ3) is 7.94. The van der Waals surface area contributed by atoms with Gasteiger partial charge in [-0.3, -0.25) is 33.9 Å². The van der Waals surface area contributed by atoms with E-state index in [0.29, 0.717) is 21.3 Å². The van der Waals surface area contributed by atoms with Gasteiger partial charge in [-0.1, -0.05) is 11.3 Å². The predicted octanol–water partition coefficient (Wildman–Crippen LogP) is 2.09. The number of hydrogen-bond acceptors (Lipinski definition) is 17. The second-order valence-electron chi connectivity index (χ2n) is 9.15. The van der Waals surface area contributed by atoms with Crippen LogP contribution in [0.15, 0.2) is 24.8 Å². The molecule has 1 N–H and O–H groups in total. The highest BCUT2D eigenvalue weighted by molar-refractivity contribution is 7.20. The second-order valence-corrected chi connectivity index (χ2v) is 11.2. The molecule has 1 saturated heterocycles. The Labute approximate surface area is 252 Å². The van der Waals surface area contributed by atoms with Crippen LogP contribution in [0.1, 0.15) is 47.9 Å². The fraction of sp³-hybridized carbons (Fsp3) is 0.423. The van der Waals surface area contributed by atoms with Gasteiger partial charge in [0.05, 0.1) is 27.8 Å². The van der Waals surface area contributed by atoms with E-state index in [2.05, 4.69) is 25.3 Å². The molecule has 0 amide bonds. The van der Waals surface area contributed by atoms with E-state index in [9.17, 15) is 24.0 Å². The van der Waals surface area contributed by atoms with Crippen molar-refractivity contribution in [3.63, 3.8) is 0 Å². The molecule has 1 aliphatic rings. The molecular formula is C26H27N5O10S2.